The van der Waals surface area contributed by atoms with Crippen molar-refractivity contribution in [2.24, 2.45) is 0 Å². The normalized spacial score (nSPS) is 11.4. The number of benzene rings is 1. The first-order chi connectivity index (χ1) is 16.0. The second-order valence-corrected chi connectivity index (χ2v) is 7.28. The number of pyridine rings is 2. The highest BCUT2D eigenvalue weighted by Crippen LogP contribution is 2.34. The minimum absolute atomic E-state index is 0.00658. The lowest BCUT2D eigenvalue weighted by molar-refractivity contribution is 0.150. The van der Waals surface area contributed by atoms with Gasteiger partial charge in [0.1, 0.15) is 0 Å². The van der Waals surface area contributed by atoms with Gasteiger partial charge in [-0.2, -0.15) is 4.52 Å². The summed E-state index contributed by atoms with van der Waals surface area (Å²) >= 11 is 0. The average Bonchev–Trinajstić information content (AvgIpc) is 3.25. The van der Waals surface area contributed by atoms with Crippen molar-refractivity contribution in [2.45, 2.75) is 12.8 Å². The highest BCUT2D eigenvalue weighted by Gasteiger charge is 2.21. The van der Waals surface area contributed by atoms with Gasteiger partial charge in [-0.15, -0.1) is 5.10 Å². The van der Waals surface area contributed by atoms with Crippen molar-refractivity contribution in [1.82, 2.24) is 29.5 Å². The van der Waals surface area contributed by atoms with Gasteiger partial charge in [0.05, 0.1) is 23.4 Å². The molecule has 8 nitrogen and oxygen atoms in total. The number of nitrogens with one attached hydrogen (secondary N) is 1. The van der Waals surface area contributed by atoms with Crippen LogP contribution in [0.5, 0.6) is 0 Å². The van der Waals surface area contributed by atoms with Crippen LogP contribution in [0.3, 0.4) is 0 Å². The molecule has 0 atom stereocenters. The first-order valence-corrected chi connectivity index (χ1v) is 10.0. The van der Waals surface area contributed by atoms with Crippen LogP contribution in [-0.2, 0) is 6.42 Å². The van der Waals surface area contributed by atoms with E-state index >= 15 is 0 Å². The van der Waals surface area contributed by atoms with Crippen molar-refractivity contribution in [3.05, 3.63) is 94.4 Å². The first kappa shape index (κ1) is 20.4. The third-order valence-corrected chi connectivity index (χ3v) is 5.16. The van der Waals surface area contributed by atoms with Crippen molar-refractivity contribution < 1.29 is 8.78 Å². The molecule has 0 radical (unpaired) electrons. The molecule has 4 aromatic heterocycles. The highest BCUT2D eigenvalue weighted by atomic mass is 19.3. The standard InChI is InChI=1S/C23H17F2N7O/c24-21(25)15-7-4-10-27-16(15)11-17-29-22-19(14-8-9-18(33)28-12-14)20(13-5-2-1-3-6-13)30-23(26)32(22)31-17/h1-10,12,21H,11H2,(H2,26,30)(H,28,33). The fourth-order valence-electron chi connectivity index (χ4n) is 3.66. The van der Waals surface area contributed by atoms with E-state index in [1.54, 1.807) is 12.3 Å². The van der Waals surface area contributed by atoms with Gasteiger partial charge in [0.25, 0.3) is 6.43 Å². The number of alkyl halides is 2. The van der Waals surface area contributed by atoms with Gasteiger partial charge in [0, 0.05) is 35.2 Å². The summed E-state index contributed by atoms with van der Waals surface area (Å²) in [7, 11) is 0. The number of halogens is 2. The van der Waals surface area contributed by atoms with E-state index < -0.39 is 6.43 Å². The minimum Gasteiger partial charge on any atom is -0.368 e. The van der Waals surface area contributed by atoms with E-state index in [9.17, 15) is 13.6 Å². The molecule has 0 fully saturated rings. The second-order valence-electron chi connectivity index (χ2n) is 7.28. The van der Waals surface area contributed by atoms with Gasteiger partial charge in [0.2, 0.25) is 11.5 Å². The van der Waals surface area contributed by atoms with E-state index in [-0.39, 0.29) is 35.0 Å². The third kappa shape index (κ3) is 3.82. The predicted molar refractivity (Wildman–Crippen MR) is 119 cm³/mol. The van der Waals surface area contributed by atoms with Gasteiger partial charge in [0.15, 0.2) is 11.5 Å². The van der Waals surface area contributed by atoms with Crippen LogP contribution < -0.4 is 11.3 Å². The summed E-state index contributed by atoms with van der Waals surface area (Å²) in [6.45, 7) is 0. The van der Waals surface area contributed by atoms with Gasteiger partial charge in [-0.05, 0) is 18.2 Å². The molecule has 1 aromatic carbocycles. The molecule has 0 saturated heterocycles. The quantitative estimate of drug-likeness (QED) is 0.427. The lowest BCUT2D eigenvalue weighted by atomic mass is 10.0. The van der Waals surface area contributed by atoms with Gasteiger partial charge < -0.3 is 10.7 Å². The second kappa shape index (κ2) is 8.23. The average molecular weight is 445 g/mol. The molecule has 10 heteroatoms. The molecule has 164 valence electrons. The van der Waals surface area contributed by atoms with Crippen molar-refractivity contribution in [1.29, 1.82) is 0 Å². The number of hydrogen-bond donors (Lipinski definition) is 2. The number of aromatic amines is 1. The number of anilines is 1. The number of H-pyrrole nitrogens is 1. The Morgan fingerprint density at radius 3 is 2.55 bits per heavy atom. The van der Waals surface area contributed by atoms with Crippen LogP contribution in [0, 0.1) is 0 Å². The topological polar surface area (TPSA) is 115 Å². The summed E-state index contributed by atoms with van der Waals surface area (Å²) in [6, 6.07) is 15.2. The number of aromatic nitrogens is 6. The van der Waals surface area contributed by atoms with E-state index in [1.165, 1.54) is 28.9 Å². The van der Waals surface area contributed by atoms with Gasteiger partial charge >= 0.3 is 0 Å². The van der Waals surface area contributed by atoms with Gasteiger partial charge in [-0.3, -0.25) is 9.78 Å². The number of nitrogens with zero attached hydrogens (tertiary/aromatic N) is 5. The molecule has 3 N–H and O–H groups in total. The summed E-state index contributed by atoms with van der Waals surface area (Å²) < 4.78 is 28.2. The van der Waals surface area contributed by atoms with Crippen LogP contribution in [0.4, 0.5) is 14.7 Å². The molecule has 5 aromatic rings. The zero-order chi connectivity index (χ0) is 22.9. The van der Waals surface area contributed by atoms with Crippen LogP contribution in [0.2, 0.25) is 0 Å². The Morgan fingerprint density at radius 1 is 1.00 bits per heavy atom. The first-order valence-electron chi connectivity index (χ1n) is 10.0. The van der Waals surface area contributed by atoms with Crippen molar-refractivity contribution >= 4 is 11.6 Å². The SMILES string of the molecule is Nc1nc(-c2ccccc2)c(-c2ccc(=O)[nH]c2)c2nc(Cc3ncccc3C(F)F)nn12. The fourth-order valence-corrected chi connectivity index (χ4v) is 3.66. The molecule has 0 aliphatic carbocycles. The van der Waals surface area contributed by atoms with Crippen molar-refractivity contribution in [3.63, 3.8) is 0 Å². The van der Waals surface area contributed by atoms with Crippen LogP contribution in [0.25, 0.3) is 28.0 Å². The van der Waals surface area contributed by atoms with E-state index in [0.717, 1.165) is 5.56 Å². The van der Waals surface area contributed by atoms with Gasteiger partial charge in [-0.1, -0.05) is 30.3 Å². The number of hydrogen-bond acceptors (Lipinski definition) is 6. The Hall–Kier alpha value is -4.47. The molecular weight excluding hydrogens is 428 g/mol. The predicted octanol–water partition coefficient (Wildman–Crippen LogP) is 3.65. The molecule has 0 aliphatic rings. The smallest absolute Gasteiger partial charge is 0.265 e. The number of rotatable bonds is 5. The van der Waals surface area contributed by atoms with Gasteiger partial charge in [-0.25, -0.2) is 18.7 Å². The maximum Gasteiger partial charge on any atom is 0.265 e. The van der Waals surface area contributed by atoms with E-state index in [0.29, 0.717) is 22.5 Å². The zero-order valence-corrected chi connectivity index (χ0v) is 17.1. The van der Waals surface area contributed by atoms with Crippen molar-refractivity contribution in [3.8, 4) is 22.4 Å². The third-order valence-electron chi connectivity index (χ3n) is 5.16. The van der Waals surface area contributed by atoms with E-state index in [4.69, 9.17) is 5.73 Å². The minimum atomic E-state index is -2.67. The molecule has 4 heterocycles. The maximum absolute atomic E-state index is 13.4. The molecular formula is C23H17F2N7O. The Balaban J connectivity index is 1.73. The Labute approximate surface area is 185 Å². The Morgan fingerprint density at radius 2 is 1.82 bits per heavy atom. The molecule has 0 spiro atoms. The number of fused-ring (bicyclic) bond motifs is 1. The Bertz CT molecular complexity index is 1490. The molecule has 0 bridgehead atoms. The number of nitrogen functional groups attached to an aromatic ring is 1. The van der Waals surface area contributed by atoms with Crippen LogP contribution in [0.15, 0.2) is 71.8 Å². The largest absolute Gasteiger partial charge is 0.368 e. The molecule has 0 unspecified atom stereocenters. The lowest BCUT2D eigenvalue weighted by Gasteiger charge is -2.11. The van der Waals surface area contributed by atoms with Crippen LogP contribution in [-0.4, -0.2) is 29.5 Å². The summed E-state index contributed by atoms with van der Waals surface area (Å²) in [5, 5.41) is 4.41. The molecule has 33 heavy (non-hydrogen) atoms. The maximum atomic E-state index is 13.4. The molecule has 5 rings (SSSR count). The monoisotopic (exact) mass is 445 g/mol. The molecule has 0 aliphatic heterocycles. The van der Waals surface area contributed by atoms with E-state index in [1.807, 2.05) is 30.3 Å². The molecule has 0 saturated carbocycles. The van der Waals surface area contributed by atoms with Crippen LogP contribution >= 0.6 is 0 Å². The summed E-state index contributed by atoms with van der Waals surface area (Å²) in [5.41, 5.74) is 8.94. The molecule has 0 amide bonds. The lowest BCUT2D eigenvalue weighted by Crippen LogP contribution is -2.07. The fraction of sp³-hybridized carbons (Fsp3) is 0.0870. The zero-order valence-electron chi connectivity index (χ0n) is 17.1. The van der Waals surface area contributed by atoms with Crippen molar-refractivity contribution in [2.75, 3.05) is 5.73 Å². The summed E-state index contributed by atoms with van der Waals surface area (Å²) in [5.74, 6) is 0.353. The Kier molecular flexibility index (Phi) is 5.09. The number of nitrogens with two attached hydrogens (primary N) is 1. The van der Waals surface area contributed by atoms with E-state index in [2.05, 4.69) is 25.0 Å². The van der Waals surface area contributed by atoms with Crippen LogP contribution in [0.1, 0.15) is 23.5 Å². The summed E-state index contributed by atoms with van der Waals surface area (Å²) in [6.07, 6.45) is 0.336. The summed E-state index contributed by atoms with van der Waals surface area (Å²) in [4.78, 5) is 27.5. The highest BCUT2D eigenvalue weighted by molar-refractivity contribution is 5.90.